The van der Waals surface area contributed by atoms with Crippen molar-refractivity contribution in [2.75, 3.05) is 26.7 Å². The normalized spacial score (nSPS) is 21.3. The smallest absolute Gasteiger partial charge is 0.257 e. The number of ether oxygens (including phenoxy) is 1. The molecule has 158 valence electrons. The summed E-state index contributed by atoms with van der Waals surface area (Å²) < 4.78 is 19.1. The van der Waals surface area contributed by atoms with Crippen LogP contribution in [0.4, 0.5) is 4.39 Å². The maximum atomic E-state index is 14.1. The van der Waals surface area contributed by atoms with Crippen molar-refractivity contribution >= 4 is 11.8 Å². The number of likely N-dealkylation sites (tertiary alicyclic amines) is 2. The number of phenols is 1. The summed E-state index contributed by atoms with van der Waals surface area (Å²) in [7, 11) is 1.49. The lowest BCUT2D eigenvalue weighted by molar-refractivity contribution is -0.146. The summed E-state index contributed by atoms with van der Waals surface area (Å²) in [5.41, 5.74) is 0.0534. The van der Waals surface area contributed by atoms with Crippen molar-refractivity contribution in [1.29, 1.82) is 0 Å². The van der Waals surface area contributed by atoms with Crippen LogP contribution in [0, 0.1) is 11.2 Å². The summed E-state index contributed by atoms with van der Waals surface area (Å²) in [6.07, 6.45) is 2.09. The van der Waals surface area contributed by atoms with E-state index in [0.717, 1.165) is 6.42 Å². The maximum Gasteiger partial charge on any atom is 0.257 e. The van der Waals surface area contributed by atoms with Crippen LogP contribution in [0.1, 0.15) is 35.2 Å². The summed E-state index contributed by atoms with van der Waals surface area (Å²) in [4.78, 5) is 29.6. The van der Waals surface area contributed by atoms with E-state index in [1.54, 1.807) is 34.1 Å². The van der Waals surface area contributed by atoms with Crippen molar-refractivity contribution in [3.63, 3.8) is 0 Å². The molecule has 2 aromatic carbocycles. The summed E-state index contributed by atoms with van der Waals surface area (Å²) in [6, 6.07) is 11.1. The van der Waals surface area contributed by atoms with Gasteiger partial charge in [-0.25, -0.2) is 4.39 Å². The molecule has 1 atom stereocenters. The third kappa shape index (κ3) is 3.60. The second kappa shape index (κ2) is 7.97. The van der Waals surface area contributed by atoms with Gasteiger partial charge < -0.3 is 19.6 Å². The molecule has 0 aromatic heterocycles. The van der Waals surface area contributed by atoms with Crippen molar-refractivity contribution < 1.29 is 23.8 Å². The number of carbonyl (C=O) groups is 2. The van der Waals surface area contributed by atoms with E-state index >= 15 is 0 Å². The highest BCUT2D eigenvalue weighted by Crippen LogP contribution is 2.41. The molecule has 4 rings (SSSR count). The lowest BCUT2D eigenvalue weighted by atomic mass is 9.78. The molecule has 7 heteroatoms. The largest absolute Gasteiger partial charge is 0.507 e. The SMILES string of the molecule is COc1ccc(C(=O)N2CC[C@]3(CCCN(Cc4ccccc4F)C3=O)C2)c(O)c1. The van der Waals surface area contributed by atoms with E-state index in [1.165, 1.54) is 25.3 Å². The van der Waals surface area contributed by atoms with Crippen molar-refractivity contribution in [3.8, 4) is 11.5 Å². The highest BCUT2D eigenvalue weighted by molar-refractivity contribution is 5.98. The van der Waals surface area contributed by atoms with Gasteiger partial charge in [-0.15, -0.1) is 0 Å². The second-order valence-electron chi connectivity index (χ2n) is 8.06. The zero-order chi connectivity index (χ0) is 21.3. The van der Waals surface area contributed by atoms with Crippen LogP contribution >= 0.6 is 0 Å². The molecule has 6 nitrogen and oxygen atoms in total. The first-order chi connectivity index (χ1) is 14.4. The van der Waals surface area contributed by atoms with E-state index in [9.17, 15) is 19.1 Å². The number of benzene rings is 2. The Kier molecular flexibility index (Phi) is 5.37. The zero-order valence-corrected chi connectivity index (χ0v) is 16.9. The highest BCUT2D eigenvalue weighted by Gasteiger charge is 2.49. The number of amides is 2. The van der Waals surface area contributed by atoms with Crippen LogP contribution in [0.25, 0.3) is 0 Å². The lowest BCUT2D eigenvalue weighted by Crippen LogP contribution is -2.50. The molecule has 2 fully saturated rings. The molecular weight excluding hydrogens is 387 g/mol. The van der Waals surface area contributed by atoms with Crippen LogP contribution in [0.2, 0.25) is 0 Å². The summed E-state index contributed by atoms with van der Waals surface area (Å²) >= 11 is 0. The number of piperidine rings is 1. The summed E-state index contributed by atoms with van der Waals surface area (Å²) in [5, 5.41) is 10.2. The zero-order valence-electron chi connectivity index (χ0n) is 16.9. The Morgan fingerprint density at radius 2 is 2.00 bits per heavy atom. The molecule has 2 amide bonds. The molecule has 0 unspecified atom stereocenters. The van der Waals surface area contributed by atoms with E-state index in [1.807, 2.05) is 0 Å². The minimum atomic E-state index is -0.638. The number of methoxy groups -OCH3 is 1. The van der Waals surface area contributed by atoms with Gasteiger partial charge in [0.25, 0.3) is 5.91 Å². The van der Waals surface area contributed by atoms with Crippen molar-refractivity contribution in [1.82, 2.24) is 9.80 Å². The first-order valence-corrected chi connectivity index (χ1v) is 10.1. The molecule has 1 N–H and O–H groups in total. The number of hydrogen-bond acceptors (Lipinski definition) is 4. The molecule has 2 aliphatic heterocycles. The Morgan fingerprint density at radius 3 is 2.73 bits per heavy atom. The van der Waals surface area contributed by atoms with E-state index in [4.69, 9.17) is 4.74 Å². The van der Waals surface area contributed by atoms with Crippen molar-refractivity contribution in [3.05, 3.63) is 59.4 Å². The van der Waals surface area contributed by atoms with Crippen molar-refractivity contribution in [2.45, 2.75) is 25.8 Å². The molecule has 0 saturated carbocycles. The van der Waals surface area contributed by atoms with Gasteiger partial charge in [-0.3, -0.25) is 9.59 Å². The third-order valence-corrected chi connectivity index (χ3v) is 6.22. The standard InChI is InChI=1S/C23H25FN2O4/c1-30-17-7-8-18(20(27)13-17)21(28)26-12-10-23(15-26)9-4-11-25(22(23)29)14-16-5-2-3-6-19(16)24/h2-3,5-8,13,27H,4,9-12,14-15H2,1H3/t23-/m1/s1. The number of aromatic hydroxyl groups is 1. The minimum absolute atomic E-state index is 0.0220. The van der Waals surface area contributed by atoms with Gasteiger partial charge in [0.2, 0.25) is 5.91 Å². The van der Waals surface area contributed by atoms with Crippen molar-refractivity contribution in [2.24, 2.45) is 5.41 Å². The molecule has 1 spiro atoms. The van der Waals surface area contributed by atoms with Gasteiger partial charge in [0.15, 0.2) is 0 Å². The van der Waals surface area contributed by atoms with E-state index in [-0.39, 0.29) is 35.5 Å². The topological polar surface area (TPSA) is 70.1 Å². The van der Waals surface area contributed by atoms with Crippen LogP contribution in [-0.2, 0) is 11.3 Å². The maximum absolute atomic E-state index is 14.1. The number of halogens is 1. The van der Waals surface area contributed by atoms with Gasteiger partial charge in [0, 0.05) is 37.8 Å². The minimum Gasteiger partial charge on any atom is -0.507 e. The van der Waals surface area contributed by atoms with Gasteiger partial charge in [0.05, 0.1) is 18.1 Å². The number of phenolic OH excluding ortho intramolecular Hbond substituents is 1. The average Bonchev–Trinajstić information content (AvgIpc) is 3.17. The summed E-state index contributed by atoms with van der Waals surface area (Å²) in [6.45, 7) is 1.58. The van der Waals surface area contributed by atoms with E-state index in [0.29, 0.717) is 43.8 Å². The van der Waals surface area contributed by atoms with Crippen LogP contribution < -0.4 is 4.74 Å². The average molecular weight is 412 g/mol. The fraction of sp³-hybridized carbons (Fsp3) is 0.391. The quantitative estimate of drug-likeness (QED) is 0.837. The van der Waals surface area contributed by atoms with E-state index in [2.05, 4.69) is 0 Å². The highest BCUT2D eigenvalue weighted by atomic mass is 19.1. The van der Waals surface area contributed by atoms with Gasteiger partial charge in [-0.05, 0) is 37.5 Å². The monoisotopic (exact) mass is 412 g/mol. The van der Waals surface area contributed by atoms with Gasteiger partial charge in [-0.2, -0.15) is 0 Å². The van der Waals surface area contributed by atoms with Gasteiger partial charge in [0.1, 0.15) is 17.3 Å². The molecule has 2 aliphatic rings. The third-order valence-electron chi connectivity index (χ3n) is 6.22. The predicted molar refractivity (Wildman–Crippen MR) is 109 cm³/mol. The molecule has 30 heavy (non-hydrogen) atoms. The van der Waals surface area contributed by atoms with Crippen LogP contribution in [0.15, 0.2) is 42.5 Å². The molecule has 2 aromatic rings. The van der Waals surface area contributed by atoms with E-state index < -0.39 is 5.41 Å². The van der Waals surface area contributed by atoms with Crippen LogP contribution in [0.3, 0.4) is 0 Å². The molecule has 2 heterocycles. The molecule has 0 aliphatic carbocycles. The number of rotatable bonds is 4. The fourth-order valence-electron chi connectivity index (χ4n) is 4.55. The lowest BCUT2D eigenvalue weighted by Gasteiger charge is -2.39. The Hall–Kier alpha value is -3.09. The Balaban J connectivity index is 1.50. The Labute approximate surface area is 174 Å². The molecular formula is C23H25FN2O4. The number of nitrogens with zero attached hydrogens (tertiary/aromatic N) is 2. The number of hydrogen-bond donors (Lipinski definition) is 1. The Bertz CT molecular complexity index is 979. The molecule has 0 bridgehead atoms. The fourth-order valence-corrected chi connectivity index (χ4v) is 4.55. The van der Waals surface area contributed by atoms with Gasteiger partial charge in [-0.1, -0.05) is 18.2 Å². The summed E-state index contributed by atoms with van der Waals surface area (Å²) in [5.74, 6) is -0.315. The molecule has 0 radical (unpaired) electrons. The first kappa shape index (κ1) is 20.2. The Morgan fingerprint density at radius 1 is 1.20 bits per heavy atom. The predicted octanol–water partition coefficient (Wildman–Crippen LogP) is 3.19. The van der Waals surface area contributed by atoms with Crippen LogP contribution in [-0.4, -0.2) is 53.5 Å². The van der Waals surface area contributed by atoms with Gasteiger partial charge >= 0.3 is 0 Å². The molecule has 2 saturated heterocycles. The van der Waals surface area contributed by atoms with Crippen LogP contribution in [0.5, 0.6) is 11.5 Å². The number of carbonyl (C=O) groups excluding carboxylic acids is 2. The second-order valence-corrected chi connectivity index (χ2v) is 8.06. The first-order valence-electron chi connectivity index (χ1n) is 10.1.